The third-order valence-electron chi connectivity index (χ3n) is 5.13. The number of carbonyl (C=O) groups is 2. The molecule has 6 nitrogen and oxygen atoms in total. The fourth-order valence-corrected chi connectivity index (χ4v) is 4.05. The number of nitrogens with one attached hydrogen (secondary N) is 1. The SMILES string of the molecule is COCCCN(CC(=O)N(Cc1ccc(F)cc1)Cc1cccs1)C(=O)Nc1ccc(F)cc1F. The van der Waals surface area contributed by atoms with E-state index >= 15 is 0 Å². The molecule has 2 aromatic carbocycles. The molecule has 0 aliphatic carbocycles. The molecule has 0 spiro atoms. The Bertz CT molecular complexity index is 1110. The molecule has 0 atom stereocenters. The molecule has 0 aliphatic rings. The van der Waals surface area contributed by atoms with Crippen LogP contribution < -0.4 is 5.32 Å². The molecule has 0 saturated carbocycles. The van der Waals surface area contributed by atoms with Gasteiger partial charge in [-0.15, -0.1) is 11.3 Å². The number of urea groups is 1. The van der Waals surface area contributed by atoms with Crippen molar-refractivity contribution in [1.29, 1.82) is 0 Å². The van der Waals surface area contributed by atoms with Gasteiger partial charge in [0.2, 0.25) is 5.91 Å². The van der Waals surface area contributed by atoms with Gasteiger partial charge in [0.1, 0.15) is 24.0 Å². The molecule has 1 aromatic heterocycles. The Morgan fingerprint density at radius 1 is 0.971 bits per heavy atom. The number of rotatable bonds is 11. The van der Waals surface area contributed by atoms with Gasteiger partial charge in [-0.2, -0.15) is 0 Å². The number of anilines is 1. The first kappa shape index (κ1) is 26.2. The maximum absolute atomic E-state index is 14.1. The summed E-state index contributed by atoms with van der Waals surface area (Å²) in [5, 5.41) is 4.30. The van der Waals surface area contributed by atoms with Crippen molar-refractivity contribution in [3.05, 3.63) is 87.9 Å². The van der Waals surface area contributed by atoms with Crippen LogP contribution in [0, 0.1) is 17.5 Å². The Hall–Kier alpha value is -3.37. The van der Waals surface area contributed by atoms with Gasteiger partial charge in [-0.1, -0.05) is 18.2 Å². The average molecular weight is 506 g/mol. The van der Waals surface area contributed by atoms with Crippen molar-refractivity contribution in [1.82, 2.24) is 9.80 Å². The van der Waals surface area contributed by atoms with E-state index in [0.29, 0.717) is 25.6 Å². The lowest BCUT2D eigenvalue weighted by atomic mass is 10.2. The van der Waals surface area contributed by atoms with Gasteiger partial charge in [0.15, 0.2) is 0 Å². The fourth-order valence-electron chi connectivity index (χ4n) is 3.33. The maximum atomic E-state index is 14.1. The van der Waals surface area contributed by atoms with Gasteiger partial charge >= 0.3 is 6.03 Å². The molecular formula is C25H26F3N3O3S. The molecule has 1 N–H and O–H groups in total. The van der Waals surface area contributed by atoms with E-state index < -0.39 is 17.7 Å². The molecule has 0 radical (unpaired) electrons. The Labute approximate surface area is 205 Å². The number of amides is 3. The number of thiophene rings is 1. The van der Waals surface area contributed by atoms with Crippen LogP contribution in [0.4, 0.5) is 23.7 Å². The molecule has 3 amide bonds. The second kappa shape index (κ2) is 12.9. The number of nitrogens with zero attached hydrogens (tertiary/aromatic N) is 2. The van der Waals surface area contributed by atoms with E-state index in [4.69, 9.17) is 4.74 Å². The molecule has 0 unspecified atom stereocenters. The van der Waals surface area contributed by atoms with E-state index in [0.717, 1.165) is 22.6 Å². The lowest BCUT2D eigenvalue weighted by molar-refractivity contribution is -0.133. The van der Waals surface area contributed by atoms with Crippen LogP contribution in [0.15, 0.2) is 60.0 Å². The highest BCUT2D eigenvalue weighted by Crippen LogP contribution is 2.18. The average Bonchev–Trinajstić information content (AvgIpc) is 3.34. The topological polar surface area (TPSA) is 61.9 Å². The number of carbonyl (C=O) groups excluding carboxylic acids is 2. The largest absolute Gasteiger partial charge is 0.385 e. The van der Waals surface area contributed by atoms with Crippen molar-refractivity contribution >= 4 is 29.0 Å². The summed E-state index contributed by atoms with van der Waals surface area (Å²) in [5.41, 5.74) is 0.544. The highest BCUT2D eigenvalue weighted by molar-refractivity contribution is 7.09. The molecular weight excluding hydrogens is 479 g/mol. The predicted octanol–water partition coefficient (Wildman–Crippen LogP) is 5.26. The van der Waals surface area contributed by atoms with Crippen LogP contribution in [-0.4, -0.2) is 48.5 Å². The molecule has 0 bridgehead atoms. The Balaban J connectivity index is 1.76. The molecule has 35 heavy (non-hydrogen) atoms. The third kappa shape index (κ3) is 8.11. The number of benzene rings is 2. The van der Waals surface area contributed by atoms with E-state index in [1.807, 2.05) is 17.5 Å². The normalized spacial score (nSPS) is 10.7. The standard InChI is InChI=1S/C25H26F3N3O3S/c1-34-12-3-11-30(25(33)29-23-10-9-20(27)14-22(23)28)17-24(32)31(16-21-4-2-13-35-21)15-18-5-7-19(26)8-6-18/h2,4-10,13-14H,3,11-12,15-17H2,1H3,(H,29,33). The zero-order valence-electron chi connectivity index (χ0n) is 19.2. The van der Waals surface area contributed by atoms with E-state index in [9.17, 15) is 22.8 Å². The molecule has 186 valence electrons. The fraction of sp³-hybridized carbons (Fsp3) is 0.280. The van der Waals surface area contributed by atoms with Gasteiger partial charge in [-0.05, 0) is 47.7 Å². The lowest BCUT2D eigenvalue weighted by Crippen LogP contribution is -2.44. The summed E-state index contributed by atoms with van der Waals surface area (Å²) in [4.78, 5) is 30.0. The van der Waals surface area contributed by atoms with Crippen molar-refractivity contribution in [2.45, 2.75) is 19.5 Å². The number of hydrogen-bond donors (Lipinski definition) is 1. The highest BCUT2D eigenvalue weighted by atomic mass is 32.1. The zero-order chi connectivity index (χ0) is 25.2. The third-order valence-corrected chi connectivity index (χ3v) is 5.99. The summed E-state index contributed by atoms with van der Waals surface area (Å²) < 4.78 is 45.7. The van der Waals surface area contributed by atoms with Gasteiger partial charge in [0.05, 0.1) is 12.2 Å². The van der Waals surface area contributed by atoms with Gasteiger partial charge in [-0.25, -0.2) is 18.0 Å². The van der Waals surface area contributed by atoms with Gasteiger partial charge < -0.3 is 19.9 Å². The maximum Gasteiger partial charge on any atom is 0.322 e. The Kier molecular flexibility index (Phi) is 9.68. The van der Waals surface area contributed by atoms with Crippen LogP contribution >= 0.6 is 11.3 Å². The van der Waals surface area contributed by atoms with Crippen molar-refractivity contribution in [3.63, 3.8) is 0 Å². The first-order valence-corrected chi connectivity index (χ1v) is 11.8. The summed E-state index contributed by atoms with van der Waals surface area (Å²) >= 11 is 1.49. The number of hydrogen-bond acceptors (Lipinski definition) is 4. The van der Waals surface area contributed by atoms with Crippen molar-refractivity contribution < 1.29 is 27.5 Å². The number of methoxy groups -OCH3 is 1. The smallest absolute Gasteiger partial charge is 0.322 e. The van der Waals surface area contributed by atoms with Crippen molar-refractivity contribution in [3.8, 4) is 0 Å². The first-order valence-electron chi connectivity index (χ1n) is 10.9. The minimum absolute atomic E-state index is 0.178. The molecule has 3 rings (SSSR count). The quantitative estimate of drug-likeness (QED) is 0.362. The molecule has 0 aliphatic heterocycles. The van der Waals surface area contributed by atoms with E-state index in [1.165, 1.54) is 35.5 Å². The second-order valence-corrected chi connectivity index (χ2v) is 8.81. The van der Waals surface area contributed by atoms with Gasteiger partial charge in [0.25, 0.3) is 0 Å². The van der Waals surface area contributed by atoms with Crippen LogP contribution in [0.2, 0.25) is 0 Å². The Morgan fingerprint density at radius 2 is 1.71 bits per heavy atom. The molecule has 10 heteroatoms. The zero-order valence-corrected chi connectivity index (χ0v) is 20.0. The van der Waals surface area contributed by atoms with Crippen LogP contribution in [0.5, 0.6) is 0 Å². The van der Waals surface area contributed by atoms with Gasteiger partial charge in [0, 0.05) is 37.7 Å². The number of halogens is 3. The summed E-state index contributed by atoms with van der Waals surface area (Å²) in [7, 11) is 1.52. The van der Waals surface area contributed by atoms with E-state index in [1.54, 1.807) is 17.0 Å². The summed E-state index contributed by atoms with van der Waals surface area (Å²) in [6.45, 7) is 0.797. The summed E-state index contributed by atoms with van der Waals surface area (Å²) in [5.74, 6) is -2.40. The van der Waals surface area contributed by atoms with E-state index in [2.05, 4.69) is 5.32 Å². The van der Waals surface area contributed by atoms with Crippen LogP contribution in [0.3, 0.4) is 0 Å². The molecule has 1 heterocycles. The highest BCUT2D eigenvalue weighted by Gasteiger charge is 2.23. The monoisotopic (exact) mass is 505 g/mol. The summed E-state index contributed by atoms with van der Waals surface area (Å²) in [6.07, 6.45) is 0.450. The minimum atomic E-state index is -0.919. The van der Waals surface area contributed by atoms with Crippen molar-refractivity contribution in [2.75, 3.05) is 32.1 Å². The van der Waals surface area contributed by atoms with Crippen LogP contribution in [0.25, 0.3) is 0 Å². The minimum Gasteiger partial charge on any atom is -0.385 e. The van der Waals surface area contributed by atoms with Crippen LogP contribution in [-0.2, 0) is 22.6 Å². The number of ether oxygens (including phenoxy) is 1. The van der Waals surface area contributed by atoms with Crippen LogP contribution in [0.1, 0.15) is 16.9 Å². The second-order valence-electron chi connectivity index (χ2n) is 7.78. The lowest BCUT2D eigenvalue weighted by Gasteiger charge is -2.28. The Morgan fingerprint density at radius 3 is 2.37 bits per heavy atom. The molecule has 0 fully saturated rings. The van der Waals surface area contributed by atoms with Gasteiger partial charge in [-0.3, -0.25) is 4.79 Å². The van der Waals surface area contributed by atoms with Crippen molar-refractivity contribution in [2.24, 2.45) is 0 Å². The predicted molar refractivity (Wildman–Crippen MR) is 128 cm³/mol. The molecule has 0 saturated heterocycles. The first-order chi connectivity index (χ1) is 16.9. The molecule has 3 aromatic rings. The van der Waals surface area contributed by atoms with E-state index in [-0.39, 0.29) is 37.0 Å². The summed E-state index contributed by atoms with van der Waals surface area (Å²) in [6, 6.07) is 11.8.